The Morgan fingerprint density at radius 1 is 0.286 bits per heavy atom. The molecule has 0 spiro atoms. The average molecular weight is 2180 g/mol. The Balaban J connectivity index is 0.000000162. The Morgan fingerprint density at radius 3 is 0.707 bits per heavy atom. The summed E-state index contributed by atoms with van der Waals surface area (Å²) in [5, 5.41) is 53.2. The quantitative estimate of drug-likeness (QED) is 0.0191. The Labute approximate surface area is 895 Å². The van der Waals surface area contributed by atoms with Crippen LogP contribution in [0.1, 0.15) is 70.7 Å². The normalized spacial score (nSPS) is 11.3. The molecule has 19 rings (SSSR count). The molecule has 0 saturated carbocycles. The maximum absolute atomic E-state index is 12.6. The van der Waals surface area contributed by atoms with Gasteiger partial charge in [0.2, 0.25) is 0 Å². The number of carbonyl (C=O) groups is 2. The van der Waals surface area contributed by atoms with Crippen LogP contribution in [0.25, 0.3) is 11.1 Å². The van der Waals surface area contributed by atoms with Gasteiger partial charge in [0.1, 0.15) is 11.5 Å². The molecule has 750 valence electrons. The van der Waals surface area contributed by atoms with Gasteiger partial charge in [0.25, 0.3) is 0 Å². The van der Waals surface area contributed by atoms with Crippen LogP contribution in [0.4, 0.5) is 0 Å². The van der Waals surface area contributed by atoms with Gasteiger partial charge in [-0.1, -0.05) is 523 Å². The minimum absolute atomic E-state index is 0. The van der Waals surface area contributed by atoms with E-state index in [0.717, 1.165) is 64.7 Å². The van der Waals surface area contributed by atoms with Crippen molar-refractivity contribution >= 4 is 135 Å². The fraction of sp³-hybridized carbons (Fsp3) is 0.141. The molecule has 0 amide bonds. The molecule has 147 heavy (non-hydrogen) atoms. The van der Waals surface area contributed by atoms with Crippen LogP contribution in [0.15, 0.2) is 514 Å². The van der Waals surface area contributed by atoms with E-state index in [1.165, 1.54) is 75.8 Å². The van der Waals surface area contributed by atoms with E-state index in [1.54, 1.807) is 50.6 Å². The van der Waals surface area contributed by atoms with Crippen LogP contribution in [0, 0.1) is 10.8 Å². The van der Waals surface area contributed by atoms with E-state index in [1.807, 2.05) is 125 Å². The molecule has 1 fully saturated rings. The van der Waals surface area contributed by atoms with E-state index in [-0.39, 0.29) is 56.0 Å². The Hall–Kier alpha value is -12.5. The van der Waals surface area contributed by atoms with Crippen LogP contribution >= 0.6 is 47.6 Å². The number of carbonyl (C=O) groups excluding carboxylic acids is 2. The predicted octanol–water partition coefficient (Wildman–Crippen LogP) is 22.5. The smallest absolute Gasteiger partial charge is 0.488 e. The fourth-order valence-corrected chi connectivity index (χ4v) is 24.8. The maximum Gasteiger partial charge on any atom is 0.488 e. The summed E-state index contributed by atoms with van der Waals surface area (Å²) in [4.78, 5) is 24.6. The molecule has 0 bridgehead atoms. The SMILES string of the molecule is C1COCCO1.COc1ccc(-c2ccc(C(=O)c3ccccc3)cc2)cc1COCC(C)(C)CO.COc1ccc(Br)cc1COCC(C)(C)CO.O=C(c1ccccc1)c1ccc(B(O)O)cc1.[Pd].c1ccc(P(c2ccccc2)c2ccccc2)cc1.c1ccc(P(c2ccccc2)c2ccccc2)cc1.c1ccc(P(c2ccccc2)c2ccccc2)cc1.c1ccc(P(c2ccccc2)c2ccccc2)cc1. The summed E-state index contributed by atoms with van der Waals surface area (Å²) in [6, 6.07) is 173. The van der Waals surface area contributed by atoms with Gasteiger partial charge in [-0.05, 0) is 142 Å². The summed E-state index contributed by atoms with van der Waals surface area (Å²) in [6.07, 6.45) is 0. The molecule has 19 heteroatoms. The molecule has 0 unspecified atom stereocenters. The number of aliphatic hydroxyl groups is 2. The zero-order chi connectivity index (χ0) is 103. The van der Waals surface area contributed by atoms with Crippen molar-refractivity contribution in [1.82, 2.24) is 0 Å². The van der Waals surface area contributed by atoms with Gasteiger partial charge >= 0.3 is 7.12 Å². The molecule has 1 saturated heterocycles. The van der Waals surface area contributed by atoms with Gasteiger partial charge in [0.05, 0.1) is 80.3 Å². The van der Waals surface area contributed by atoms with Crippen molar-refractivity contribution in [3.05, 3.63) is 547 Å². The molecule has 0 atom stereocenters. The van der Waals surface area contributed by atoms with Crippen molar-refractivity contribution in [2.75, 3.05) is 67.1 Å². The van der Waals surface area contributed by atoms with Crippen molar-refractivity contribution in [2.45, 2.75) is 40.9 Å². The van der Waals surface area contributed by atoms with Crippen molar-refractivity contribution in [1.29, 1.82) is 0 Å². The van der Waals surface area contributed by atoms with Gasteiger partial charge in [-0.2, -0.15) is 0 Å². The first-order chi connectivity index (χ1) is 71.4. The van der Waals surface area contributed by atoms with Crippen LogP contribution < -0.4 is 78.6 Å². The molecule has 0 aromatic heterocycles. The van der Waals surface area contributed by atoms with Gasteiger partial charge in [0.15, 0.2) is 11.6 Å². The second kappa shape index (κ2) is 63.3. The Morgan fingerprint density at radius 2 is 0.490 bits per heavy atom. The number of ether oxygens (including phenoxy) is 6. The number of halogens is 1. The Kier molecular flexibility index (Phi) is 49.4. The minimum atomic E-state index is -1.50. The van der Waals surface area contributed by atoms with Crippen LogP contribution in [-0.4, -0.2) is 106 Å². The van der Waals surface area contributed by atoms with Gasteiger partial charge in [-0.3, -0.25) is 9.59 Å². The molecular formula is C128H126BBrO12P4Pd. The topological polar surface area (TPSA) is 170 Å². The van der Waals surface area contributed by atoms with Crippen LogP contribution in [-0.2, 0) is 52.6 Å². The molecule has 1 aliphatic rings. The summed E-state index contributed by atoms with van der Waals surface area (Å²) in [5.74, 6) is 1.51. The second-order valence-corrected chi connectivity index (χ2v) is 45.0. The second-order valence-electron chi connectivity index (χ2n) is 35.2. The number of ketones is 2. The number of hydrogen-bond donors (Lipinski definition) is 4. The minimum Gasteiger partial charge on any atom is -0.496 e. The van der Waals surface area contributed by atoms with Crippen molar-refractivity contribution in [3.63, 3.8) is 0 Å². The summed E-state index contributed by atoms with van der Waals surface area (Å²) in [7, 11) is -0.00547. The number of benzene rings is 18. The summed E-state index contributed by atoms with van der Waals surface area (Å²) >= 11 is 3.42. The monoisotopic (exact) mass is 2170 g/mol. The van der Waals surface area contributed by atoms with E-state index in [0.29, 0.717) is 54.1 Å². The number of aliphatic hydroxyl groups excluding tert-OH is 2. The predicted molar refractivity (Wildman–Crippen MR) is 618 cm³/mol. The third kappa shape index (κ3) is 37.7. The molecule has 1 heterocycles. The summed E-state index contributed by atoms with van der Waals surface area (Å²) < 4.78 is 33.1. The molecule has 0 aliphatic carbocycles. The van der Waals surface area contributed by atoms with Crippen LogP contribution in [0.5, 0.6) is 11.5 Å². The first-order valence-corrected chi connectivity index (χ1v) is 54.7. The first kappa shape index (κ1) is 115. The van der Waals surface area contributed by atoms with Gasteiger partial charge in [-0.15, -0.1) is 0 Å². The number of rotatable bonds is 30. The van der Waals surface area contributed by atoms with Gasteiger partial charge in [-0.25, -0.2) is 0 Å². The van der Waals surface area contributed by atoms with E-state index in [2.05, 4.69) is 380 Å². The fourth-order valence-electron chi connectivity index (χ4n) is 15.2. The third-order valence-corrected chi connectivity index (χ3v) is 33.1. The average Bonchev–Trinajstić information content (AvgIpc) is 0.832. The summed E-state index contributed by atoms with van der Waals surface area (Å²) in [6.45, 7) is 13.0. The van der Waals surface area contributed by atoms with Gasteiger partial charge < -0.3 is 48.7 Å². The number of methoxy groups -OCH3 is 2. The third-order valence-electron chi connectivity index (χ3n) is 22.8. The zero-order valence-electron chi connectivity index (χ0n) is 83.7. The van der Waals surface area contributed by atoms with Gasteiger partial charge in [0, 0.05) is 69.1 Å². The van der Waals surface area contributed by atoms with Crippen LogP contribution in [0.3, 0.4) is 0 Å². The van der Waals surface area contributed by atoms with E-state index in [4.69, 9.17) is 43.6 Å². The first-order valence-electron chi connectivity index (χ1n) is 48.5. The van der Waals surface area contributed by atoms with Crippen molar-refractivity contribution in [3.8, 4) is 22.6 Å². The standard InChI is InChI=1S/C26H28O4.4C18H15P.C13H11BO3.C13H19BrO3.C4H8O2.Pd/c1-26(2,17-27)18-30-16-23-15-22(13-14-24(23)29-3)19-9-11-21(12-10-19)25(28)20-7-5-4-6-8-20;4*1-4-10-16(11-5-1)19(17-12-6-2-7-13-17)18-14-8-3-9-15-18;15-13(10-4-2-1-3-5-10)11-6-8-12(9-7-11)14(16)17;1-13(2,8-15)9-17-7-10-6-11(14)4-5-12(10)16-3;1-2-6-4-3-5-1;/h4-15,27H,16-18H2,1-3H3;4*1-15H;1-9,16-17H;4-6,15H,7-9H2,1-3H3;1-4H2;. The zero-order valence-corrected chi connectivity index (χ0v) is 90.4. The molecule has 0 radical (unpaired) electrons. The summed E-state index contributed by atoms with van der Waals surface area (Å²) in [5.41, 5.74) is 6.33. The van der Waals surface area contributed by atoms with Crippen molar-refractivity contribution < 1.29 is 78.7 Å². The molecular weight excluding hydrogens is 2050 g/mol. The largest absolute Gasteiger partial charge is 0.496 e. The van der Waals surface area contributed by atoms with Crippen LogP contribution in [0.2, 0.25) is 0 Å². The Bertz CT molecular complexity index is 5850. The molecule has 12 nitrogen and oxygen atoms in total. The van der Waals surface area contributed by atoms with Crippen molar-refractivity contribution in [2.24, 2.45) is 10.8 Å². The maximum atomic E-state index is 12.6. The molecule has 18 aromatic rings. The van der Waals surface area contributed by atoms with E-state index < -0.39 is 38.8 Å². The molecule has 18 aromatic carbocycles. The van der Waals surface area contributed by atoms with E-state index >= 15 is 0 Å². The molecule has 4 N–H and O–H groups in total. The number of hydrogen-bond acceptors (Lipinski definition) is 12. The molecule has 1 aliphatic heterocycles. The van der Waals surface area contributed by atoms with E-state index in [9.17, 15) is 14.7 Å².